The maximum atomic E-state index is 14.8. The topological polar surface area (TPSA) is 157 Å². The second-order valence-corrected chi connectivity index (χ2v) is 17.1. The molecule has 0 aliphatic carbocycles. The molecular formula is C44H51ClF4N14O2. The van der Waals surface area contributed by atoms with Crippen LogP contribution in [0.5, 0.6) is 11.5 Å². The molecule has 0 radical (unpaired) electrons. The first kappa shape index (κ1) is 45.3. The number of anilines is 5. The van der Waals surface area contributed by atoms with Gasteiger partial charge in [0.15, 0.2) is 40.6 Å². The third kappa shape index (κ3) is 10.0. The van der Waals surface area contributed by atoms with E-state index in [4.69, 9.17) is 26.8 Å². The number of hydrogen-bond acceptors (Lipinski definition) is 14. The summed E-state index contributed by atoms with van der Waals surface area (Å²) < 4.78 is 72.7. The predicted molar refractivity (Wildman–Crippen MR) is 241 cm³/mol. The van der Waals surface area contributed by atoms with Crippen LogP contribution in [0.15, 0.2) is 48.8 Å². The number of fused-ring (bicyclic) bond motifs is 4. The summed E-state index contributed by atoms with van der Waals surface area (Å²) in [6.07, 6.45) is 2.06. The van der Waals surface area contributed by atoms with Crippen molar-refractivity contribution < 1.29 is 27.0 Å². The normalized spacial score (nSPS) is 15.7. The molecule has 4 aromatic heterocycles. The zero-order valence-corrected chi connectivity index (χ0v) is 37.8. The predicted octanol–water partition coefficient (Wildman–Crippen LogP) is 7.01. The number of halogens is 5. The SMILES string of the molecule is CC(C)N1CCOc2c(F)cc(-c3nc(Cl)ncc3F)cc21.CC(C)N1CCOc2c(F)cc(-c3nc(Nc4cc5n(n4)CCN(C)C5)ncc3F)cc21.CN1CCn2nc(N)cc2C1. The third-order valence-electron chi connectivity index (χ3n) is 11.3. The Balaban J connectivity index is 0.000000150. The van der Waals surface area contributed by atoms with Gasteiger partial charge in [0.25, 0.3) is 0 Å². The minimum atomic E-state index is -0.656. The van der Waals surface area contributed by atoms with Gasteiger partial charge in [-0.25, -0.2) is 37.5 Å². The van der Waals surface area contributed by atoms with Gasteiger partial charge in [-0.1, -0.05) is 0 Å². The summed E-state index contributed by atoms with van der Waals surface area (Å²) in [7, 11) is 4.16. The molecular weight excluding hydrogens is 868 g/mol. The number of aromatic nitrogens is 8. The maximum absolute atomic E-state index is 14.8. The van der Waals surface area contributed by atoms with Crippen molar-refractivity contribution in [2.45, 2.75) is 66.0 Å². The number of hydrogen-bond donors (Lipinski definition) is 2. The molecule has 4 aliphatic rings. The molecule has 6 aromatic rings. The highest BCUT2D eigenvalue weighted by Gasteiger charge is 2.28. The molecule has 0 amide bonds. The maximum Gasteiger partial charge on any atom is 0.229 e. The molecule has 0 bridgehead atoms. The number of rotatable bonds is 6. The van der Waals surface area contributed by atoms with Gasteiger partial charge in [0.1, 0.15) is 30.4 Å². The largest absolute Gasteiger partial charge is 0.486 e. The van der Waals surface area contributed by atoms with Gasteiger partial charge in [0.2, 0.25) is 11.2 Å². The molecule has 0 saturated heterocycles. The minimum Gasteiger partial charge on any atom is -0.486 e. The van der Waals surface area contributed by atoms with Crippen molar-refractivity contribution in [2.75, 3.05) is 74.3 Å². The summed E-state index contributed by atoms with van der Waals surface area (Å²) in [5.74, 6) is -0.586. The lowest BCUT2D eigenvalue weighted by molar-refractivity contribution is 0.259. The highest BCUT2D eigenvalue weighted by Crippen LogP contribution is 2.41. The van der Waals surface area contributed by atoms with E-state index >= 15 is 0 Å². The van der Waals surface area contributed by atoms with Crippen LogP contribution in [0, 0.1) is 23.3 Å². The van der Waals surface area contributed by atoms with E-state index in [0.717, 1.165) is 57.4 Å². The smallest absolute Gasteiger partial charge is 0.229 e. The highest BCUT2D eigenvalue weighted by atomic mass is 35.5. The molecule has 21 heteroatoms. The molecule has 16 nitrogen and oxygen atoms in total. The molecule has 4 aliphatic heterocycles. The molecule has 8 heterocycles. The molecule has 0 unspecified atom stereocenters. The first-order chi connectivity index (χ1) is 31.1. The quantitative estimate of drug-likeness (QED) is 0.130. The van der Waals surface area contributed by atoms with Gasteiger partial charge in [-0.05, 0) is 77.7 Å². The molecule has 2 aromatic carbocycles. The summed E-state index contributed by atoms with van der Waals surface area (Å²) >= 11 is 5.71. The monoisotopic (exact) mass is 918 g/mol. The summed E-state index contributed by atoms with van der Waals surface area (Å²) in [6, 6.07) is 10.0. The number of nitrogens with two attached hydrogens (primary N) is 1. The van der Waals surface area contributed by atoms with Crippen molar-refractivity contribution >= 4 is 40.6 Å². The van der Waals surface area contributed by atoms with E-state index in [-0.39, 0.29) is 46.2 Å². The van der Waals surface area contributed by atoms with Gasteiger partial charge in [0, 0.05) is 61.5 Å². The van der Waals surface area contributed by atoms with E-state index in [1.165, 1.54) is 17.8 Å². The van der Waals surface area contributed by atoms with Crippen molar-refractivity contribution in [1.29, 1.82) is 0 Å². The van der Waals surface area contributed by atoms with E-state index in [9.17, 15) is 17.6 Å². The lowest BCUT2D eigenvalue weighted by atomic mass is 10.1. The number of likely N-dealkylation sites (N-methyl/N-ethyl adjacent to an activating group) is 2. The van der Waals surface area contributed by atoms with Crippen LogP contribution < -0.4 is 30.3 Å². The second-order valence-electron chi connectivity index (χ2n) is 16.7. The fraction of sp³-hybridized carbons (Fsp3) is 0.409. The number of nitrogen functional groups attached to an aromatic ring is 1. The Kier molecular flexibility index (Phi) is 13.3. The van der Waals surface area contributed by atoms with Gasteiger partial charge in [-0.2, -0.15) is 10.2 Å². The molecule has 0 saturated carbocycles. The average molecular weight is 919 g/mol. The van der Waals surface area contributed by atoms with Gasteiger partial charge < -0.3 is 30.3 Å². The van der Waals surface area contributed by atoms with Crippen LogP contribution >= 0.6 is 11.6 Å². The standard InChI is InChI=1S/C22H25F2N7O.C15H14ClF2N3O.C7H12N4/c1-13(2)30-6-7-32-21-16(23)8-14(9-18(21)30)20-17(24)11-25-22(27-20)26-19-10-15-12-29(3)4-5-31(15)28-19;1-8(2)21-3-4-22-14-10(17)5-9(6-12(14)21)13-11(18)7-19-15(16)20-13;1-10-2-3-11-6(5-10)4-7(8)9-11/h8-11,13H,4-7,12H2,1-3H3,(H,25,26,27,28);5-8H,3-4H2,1-2H3;4H,2-3,5H2,1H3,(H2,8,9). The lowest BCUT2D eigenvalue weighted by Crippen LogP contribution is -2.38. The fourth-order valence-corrected chi connectivity index (χ4v) is 8.25. The van der Waals surface area contributed by atoms with Gasteiger partial charge in [-0.15, -0.1) is 0 Å². The van der Waals surface area contributed by atoms with Crippen LogP contribution in [-0.2, 0) is 26.2 Å². The Hall–Kier alpha value is -6.25. The summed E-state index contributed by atoms with van der Waals surface area (Å²) in [4.78, 5) is 24.3. The van der Waals surface area contributed by atoms with Crippen LogP contribution in [0.3, 0.4) is 0 Å². The van der Waals surface area contributed by atoms with Crippen molar-refractivity contribution in [3.8, 4) is 34.0 Å². The van der Waals surface area contributed by atoms with E-state index in [1.54, 1.807) is 12.1 Å². The molecule has 10 rings (SSSR count). The minimum absolute atomic E-state index is 0.0159. The first-order valence-corrected chi connectivity index (χ1v) is 21.7. The zero-order chi connectivity index (χ0) is 46.1. The second kappa shape index (κ2) is 19.1. The van der Waals surface area contributed by atoms with E-state index in [1.807, 2.05) is 59.0 Å². The average Bonchev–Trinajstić information content (AvgIpc) is 3.85. The van der Waals surface area contributed by atoms with Crippen LogP contribution in [-0.4, -0.2) is 115 Å². The van der Waals surface area contributed by atoms with Crippen molar-refractivity contribution in [3.63, 3.8) is 0 Å². The van der Waals surface area contributed by atoms with Crippen LogP contribution in [0.25, 0.3) is 22.5 Å². The number of benzene rings is 2. The van der Waals surface area contributed by atoms with Crippen molar-refractivity contribution in [1.82, 2.24) is 49.3 Å². The molecule has 0 atom stereocenters. The Morgan fingerprint density at radius 2 is 1.14 bits per heavy atom. The van der Waals surface area contributed by atoms with Crippen LogP contribution in [0.4, 0.5) is 46.5 Å². The number of ether oxygens (including phenoxy) is 2. The fourth-order valence-electron chi connectivity index (χ4n) is 8.12. The molecule has 65 heavy (non-hydrogen) atoms. The van der Waals surface area contributed by atoms with Gasteiger partial charge in [-0.3, -0.25) is 19.2 Å². The van der Waals surface area contributed by atoms with Crippen molar-refractivity contribution in [3.05, 3.63) is 88.7 Å². The number of nitrogens with zero attached hydrogens (tertiary/aromatic N) is 12. The Labute approximate surface area is 378 Å². The van der Waals surface area contributed by atoms with E-state index in [2.05, 4.69) is 59.3 Å². The van der Waals surface area contributed by atoms with E-state index in [0.29, 0.717) is 60.4 Å². The highest BCUT2D eigenvalue weighted by molar-refractivity contribution is 6.28. The molecule has 0 fully saturated rings. The number of nitrogens with one attached hydrogen (secondary N) is 1. The van der Waals surface area contributed by atoms with Gasteiger partial charge in [0.05, 0.1) is 61.3 Å². The summed E-state index contributed by atoms with van der Waals surface area (Å²) in [6.45, 7) is 15.6. The zero-order valence-electron chi connectivity index (χ0n) is 37.0. The lowest BCUT2D eigenvalue weighted by Gasteiger charge is -2.34. The Bertz CT molecular complexity index is 2680. The third-order valence-corrected chi connectivity index (χ3v) is 11.5. The van der Waals surface area contributed by atoms with Crippen LogP contribution in [0.2, 0.25) is 5.28 Å². The molecule has 344 valence electrons. The van der Waals surface area contributed by atoms with Crippen molar-refractivity contribution in [2.24, 2.45) is 0 Å². The Morgan fingerprint density at radius 3 is 1.69 bits per heavy atom. The first-order valence-electron chi connectivity index (χ1n) is 21.3. The van der Waals surface area contributed by atoms with Crippen LogP contribution in [0.1, 0.15) is 39.1 Å². The molecule has 0 spiro atoms. The summed E-state index contributed by atoms with van der Waals surface area (Å²) in [5.41, 5.74) is 9.64. The summed E-state index contributed by atoms with van der Waals surface area (Å²) in [5, 5.41) is 11.6. The molecule has 3 N–H and O–H groups in total. The Morgan fingerprint density at radius 1 is 0.631 bits per heavy atom. The van der Waals surface area contributed by atoms with E-state index < -0.39 is 23.3 Å². The van der Waals surface area contributed by atoms with Gasteiger partial charge >= 0.3 is 0 Å².